The van der Waals surface area contributed by atoms with Crippen LogP contribution in [0.25, 0.3) is 0 Å². The molecule has 17 heavy (non-hydrogen) atoms. The summed E-state index contributed by atoms with van der Waals surface area (Å²) in [5, 5.41) is 0.665. The van der Waals surface area contributed by atoms with E-state index in [-0.39, 0.29) is 0 Å². The molecule has 98 valence electrons. The van der Waals surface area contributed by atoms with Gasteiger partial charge in [-0.2, -0.15) is 4.31 Å². The lowest BCUT2D eigenvalue weighted by Gasteiger charge is -2.19. The van der Waals surface area contributed by atoms with E-state index in [1.807, 2.05) is 19.9 Å². The van der Waals surface area contributed by atoms with E-state index in [4.69, 9.17) is 0 Å². The van der Waals surface area contributed by atoms with Crippen LogP contribution < -0.4 is 0 Å². The molecular weight excluding hydrogens is 322 g/mol. The zero-order chi connectivity index (χ0) is 12.9. The summed E-state index contributed by atoms with van der Waals surface area (Å²) in [5.41, 5.74) is 0. The highest BCUT2D eigenvalue weighted by Gasteiger charge is 2.24. The fourth-order valence-electron chi connectivity index (χ4n) is 1.51. The molecule has 0 atom stereocenters. The molecule has 6 heteroatoms. The first kappa shape index (κ1) is 15.1. The van der Waals surface area contributed by atoms with Crippen LogP contribution in [-0.4, -0.2) is 31.1 Å². The maximum Gasteiger partial charge on any atom is 0.252 e. The third-order valence-electron chi connectivity index (χ3n) is 2.39. The van der Waals surface area contributed by atoms with Crippen LogP contribution in [0.3, 0.4) is 0 Å². The van der Waals surface area contributed by atoms with Gasteiger partial charge in [0, 0.05) is 23.3 Å². The molecule has 1 heterocycles. The maximum absolute atomic E-state index is 12.4. The van der Waals surface area contributed by atoms with Crippen LogP contribution >= 0.6 is 27.3 Å². The number of aryl methyl sites for hydroxylation is 1. The van der Waals surface area contributed by atoms with E-state index in [0.717, 1.165) is 17.7 Å². The lowest BCUT2D eigenvalue weighted by Crippen LogP contribution is -2.32. The van der Waals surface area contributed by atoms with Crippen molar-refractivity contribution >= 4 is 37.3 Å². The van der Waals surface area contributed by atoms with E-state index in [1.165, 1.54) is 11.3 Å². The molecule has 0 saturated heterocycles. The van der Waals surface area contributed by atoms with E-state index < -0.39 is 10.0 Å². The van der Waals surface area contributed by atoms with Crippen LogP contribution in [0.4, 0.5) is 0 Å². The van der Waals surface area contributed by atoms with Crippen molar-refractivity contribution in [1.29, 1.82) is 0 Å². The van der Waals surface area contributed by atoms with Crippen molar-refractivity contribution in [2.24, 2.45) is 0 Å². The fourth-order valence-corrected chi connectivity index (χ4v) is 5.16. The van der Waals surface area contributed by atoms with Crippen molar-refractivity contribution in [3.8, 4) is 0 Å². The first-order valence-electron chi connectivity index (χ1n) is 5.71. The number of hydrogen-bond acceptors (Lipinski definition) is 3. The summed E-state index contributed by atoms with van der Waals surface area (Å²) >= 11 is 4.68. The Hall–Kier alpha value is 0.0900. The summed E-state index contributed by atoms with van der Waals surface area (Å²) in [4.78, 5) is 1.11. The minimum absolute atomic E-state index is 0.462. The van der Waals surface area contributed by atoms with Crippen LogP contribution in [0.15, 0.2) is 16.3 Å². The molecule has 0 unspecified atom stereocenters. The molecule has 0 aliphatic carbocycles. The van der Waals surface area contributed by atoms with Gasteiger partial charge < -0.3 is 0 Å². The van der Waals surface area contributed by atoms with Crippen LogP contribution in [-0.2, 0) is 16.4 Å². The highest BCUT2D eigenvalue weighted by molar-refractivity contribution is 9.09. The summed E-state index contributed by atoms with van der Waals surface area (Å²) in [6.45, 7) is 5.12. The Balaban J connectivity index is 2.98. The molecule has 0 spiro atoms. The standard InChI is InChI=1S/C11H18BrNO2S2/c1-3-8-13(9-7-12)17(14,15)11-6-5-10(4-2)16-11/h5-6H,3-4,7-9H2,1-2H3. The minimum atomic E-state index is -3.29. The van der Waals surface area contributed by atoms with Crippen molar-refractivity contribution in [3.63, 3.8) is 0 Å². The van der Waals surface area contributed by atoms with E-state index in [0.29, 0.717) is 22.6 Å². The highest BCUT2D eigenvalue weighted by atomic mass is 79.9. The molecule has 0 fully saturated rings. The van der Waals surface area contributed by atoms with Crippen molar-refractivity contribution < 1.29 is 8.42 Å². The molecule has 1 aromatic rings. The smallest absolute Gasteiger partial charge is 0.206 e. The van der Waals surface area contributed by atoms with Crippen molar-refractivity contribution in [3.05, 3.63) is 17.0 Å². The molecule has 0 saturated carbocycles. The van der Waals surface area contributed by atoms with Crippen LogP contribution in [0.5, 0.6) is 0 Å². The van der Waals surface area contributed by atoms with Crippen molar-refractivity contribution in [1.82, 2.24) is 4.31 Å². The molecule has 0 aliphatic heterocycles. The van der Waals surface area contributed by atoms with Crippen LogP contribution in [0.2, 0.25) is 0 Å². The number of halogens is 1. The molecule has 1 aromatic heterocycles. The zero-order valence-corrected chi connectivity index (χ0v) is 13.4. The van der Waals surface area contributed by atoms with Gasteiger partial charge in [0.2, 0.25) is 0 Å². The van der Waals surface area contributed by atoms with E-state index in [1.54, 1.807) is 10.4 Å². The number of nitrogens with zero attached hydrogens (tertiary/aromatic N) is 1. The molecule has 0 bridgehead atoms. The topological polar surface area (TPSA) is 37.4 Å². The van der Waals surface area contributed by atoms with E-state index >= 15 is 0 Å². The number of thiophene rings is 1. The van der Waals surface area contributed by atoms with Gasteiger partial charge in [-0.05, 0) is 25.0 Å². The molecule has 0 radical (unpaired) electrons. The molecule has 0 aliphatic rings. The quantitative estimate of drug-likeness (QED) is 0.715. The Labute approximate surface area is 116 Å². The predicted octanol–water partition coefficient (Wildman–Crippen LogP) is 3.11. The monoisotopic (exact) mass is 339 g/mol. The normalized spacial score (nSPS) is 12.2. The molecular formula is C11H18BrNO2S2. The fraction of sp³-hybridized carbons (Fsp3) is 0.636. The maximum atomic E-state index is 12.4. The van der Waals surface area contributed by atoms with Gasteiger partial charge in [-0.3, -0.25) is 0 Å². The largest absolute Gasteiger partial charge is 0.252 e. The third-order valence-corrected chi connectivity index (χ3v) is 6.34. The van der Waals surface area contributed by atoms with Gasteiger partial charge in [-0.15, -0.1) is 11.3 Å². The summed E-state index contributed by atoms with van der Waals surface area (Å²) in [5.74, 6) is 0. The van der Waals surface area contributed by atoms with Gasteiger partial charge in [0.15, 0.2) is 0 Å². The van der Waals surface area contributed by atoms with Gasteiger partial charge in [0.1, 0.15) is 4.21 Å². The number of rotatable bonds is 7. The van der Waals surface area contributed by atoms with Gasteiger partial charge in [0.05, 0.1) is 0 Å². The summed E-state index contributed by atoms with van der Waals surface area (Å²) < 4.78 is 26.7. The van der Waals surface area contributed by atoms with Crippen LogP contribution in [0, 0.1) is 0 Å². The Bertz CT molecular complexity index is 436. The van der Waals surface area contributed by atoms with Gasteiger partial charge in [-0.1, -0.05) is 29.8 Å². The highest BCUT2D eigenvalue weighted by Crippen LogP contribution is 2.25. The SMILES string of the molecule is CCCN(CCBr)S(=O)(=O)c1ccc(CC)s1. The Morgan fingerprint density at radius 2 is 2.00 bits per heavy atom. The second-order valence-electron chi connectivity index (χ2n) is 3.67. The second-order valence-corrected chi connectivity index (χ2v) is 7.79. The first-order valence-corrected chi connectivity index (χ1v) is 9.08. The first-order chi connectivity index (χ1) is 8.06. The summed E-state index contributed by atoms with van der Waals surface area (Å²) in [7, 11) is -3.29. The van der Waals surface area contributed by atoms with Gasteiger partial charge >= 0.3 is 0 Å². The molecule has 0 N–H and O–H groups in total. The molecule has 3 nitrogen and oxygen atoms in total. The lowest BCUT2D eigenvalue weighted by molar-refractivity contribution is 0.431. The molecule has 1 rings (SSSR count). The average molecular weight is 340 g/mol. The van der Waals surface area contributed by atoms with E-state index in [2.05, 4.69) is 15.9 Å². The Kier molecular flexibility index (Phi) is 6.12. The lowest BCUT2D eigenvalue weighted by atomic mass is 10.4. The van der Waals surface area contributed by atoms with Gasteiger partial charge in [0.25, 0.3) is 10.0 Å². The van der Waals surface area contributed by atoms with E-state index in [9.17, 15) is 8.42 Å². The number of alkyl halides is 1. The van der Waals surface area contributed by atoms with Crippen LogP contribution in [0.1, 0.15) is 25.1 Å². The minimum Gasteiger partial charge on any atom is -0.206 e. The second kappa shape index (κ2) is 6.87. The van der Waals surface area contributed by atoms with Gasteiger partial charge in [-0.25, -0.2) is 8.42 Å². The zero-order valence-electron chi connectivity index (χ0n) is 10.1. The summed E-state index contributed by atoms with van der Waals surface area (Å²) in [6.07, 6.45) is 1.71. The summed E-state index contributed by atoms with van der Waals surface area (Å²) in [6, 6.07) is 3.62. The third kappa shape index (κ3) is 3.77. The van der Waals surface area contributed by atoms with Crippen molar-refractivity contribution in [2.45, 2.75) is 30.9 Å². The van der Waals surface area contributed by atoms with Crippen molar-refractivity contribution in [2.75, 3.05) is 18.4 Å². The Morgan fingerprint density at radius 1 is 1.29 bits per heavy atom. The predicted molar refractivity (Wildman–Crippen MR) is 76.5 cm³/mol. The number of sulfonamides is 1. The molecule has 0 aromatic carbocycles. The average Bonchev–Trinajstić information content (AvgIpc) is 2.78. The Morgan fingerprint density at radius 3 is 2.47 bits per heavy atom. The number of hydrogen-bond donors (Lipinski definition) is 0. The molecule has 0 amide bonds.